The van der Waals surface area contributed by atoms with Crippen LogP contribution in [0.25, 0.3) is 0 Å². The zero-order valence-electron chi connectivity index (χ0n) is 8.00. The number of hydrogen-bond donors (Lipinski definition) is 3. The van der Waals surface area contributed by atoms with Gasteiger partial charge >= 0.3 is 0 Å². The van der Waals surface area contributed by atoms with Crippen LogP contribution in [-0.2, 0) is 0 Å². The first kappa shape index (κ1) is 11.5. The van der Waals surface area contributed by atoms with E-state index in [1.165, 1.54) is 0 Å². The van der Waals surface area contributed by atoms with Crippen molar-refractivity contribution in [2.75, 3.05) is 6.54 Å². The Morgan fingerprint density at radius 3 is 2.71 bits per heavy atom. The SMILES string of the molecule is Cc1c(Br)ccc(O)c1C(O)CCN. The highest BCUT2D eigenvalue weighted by Gasteiger charge is 2.15. The van der Waals surface area contributed by atoms with Crippen molar-refractivity contribution >= 4 is 15.9 Å². The molecule has 4 N–H and O–H groups in total. The second-order valence-electron chi connectivity index (χ2n) is 3.20. The summed E-state index contributed by atoms with van der Waals surface area (Å²) >= 11 is 3.35. The molecule has 0 bridgehead atoms. The van der Waals surface area contributed by atoms with Crippen LogP contribution in [0.5, 0.6) is 5.75 Å². The van der Waals surface area contributed by atoms with Gasteiger partial charge in [-0.15, -0.1) is 0 Å². The van der Waals surface area contributed by atoms with Crippen LogP contribution < -0.4 is 5.73 Å². The lowest BCUT2D eigenvalue weighted by Gasteiger charge is -2.15. The van der Waals surface area contributed by atoms with E-state index >= 15 is 0 Å². The van der Waals surface area contributed by atoms with Crippen LogP contribution in [0.1, 0.15) is 23.7 Å². The Hall–Kier alpha value is -0.580. The summed E-state index contributed by atoms with van der Waals surface area (Å²) in [4.78, 5) is 0. The lowest BCUT2D eigenvalue weighted by Crippen LogP contribution is -2.08. The third-order valence-electron chi connectivity index (χ3n) is 2.20. The van der Waals surface area contributed by atoms with Crippen LogP contribution in [0, 0.1) is 6.92 Å². The predicted molar refractivity (Wildman–Crippen MR) is 59.2 cm³/mol. The molecule has 78 valence electrons. The molecule has 0 aromatic heterocycles. The van der Waals surface area contributed by atoms with Gasteiger partial charge in [-0.25, -0.2) is 0 Å². The topological polar surface area (TPSA) is 66.5 Å². The molecule has 3 nitrogen and oxygen atoms in total. The largest absolute Gasteiger partial charge is 0.508 e. The third kappa shape index (κ3) is 2.26. The number of phenols is 1. The Labute approximate surface area is 91.7 Å². The van der Waals surface area contributed by atoms with E-state index < -0.39 is 6.10 Å². The minimum Gasteiger partial charge on any atom is -0.508 e. The smallest absolute Gasteiger partial charge is 0.121 e. The quantitative estimate of drug-likeness (QED) is 0.776. The lowest BCUT2D eigenvalue weighted by atomic mass is 10.00. The molecular formula is C10H14BrNO2. The van der Waals surface area contributed by atoms with Crippen molar-refractivity contribution in [2.45, 2.75) is 19.4 Å². The molecule has 0 saturated carbocycles. The van der Waals surface area contributed by atoms with Crippen molar-refractivity contribution in [1.82, 2.24) is 0 Å². The fourth-order valence-electron chi connectivity index (χ4n) is 1.41. The Morgan fingerprint density at radius 1 is 1.50 bits per heavy atom. The van der Waals surface area contributed by atoms with Gasteiger partial charge in [-0.1, -0.05) is 15.9 Å². The van der Waals surface area contributed by atoms with Crippen LogP contribution >= 0.6 is 15.9 Å². The van der Waals surface area contributed by atoms with E-state index in [4.69, 9.17) is 5.73 Å². The van der Waals surface area contributed by atoms with Crippen molar-refractivity contribution in [3.63, 3.8) is 0 Å². The number of rotatable bonds is 3. The lowest BCUT2D eigenvalue weighted by molar-refractivity contribution is 0.165. The molecule has 1 rings (SSSR count). The first-order chi connectivity index (χ1) is 6.57. The summed E-state index contributed by atoms with van der Waals surface area (Å²) in [7, 11) is 0. The fourth-order valence-corrected chi connectivity index (χ4v) is 1.76. The highest BCUT2D eigenvalue weighted by atomic mass is 79.9. The van der Waals surface area contributed by atoms with E-state index in [1.54, 1.807) is 12.1 Å². The van der Waals surface area contributed by atoms with Gasteiger partial charge in [0.05, 0.1) is 6.10 Å². The number of aromatic hydroxyl groups is 1. The molecule has 1 aromatic carbocycles. The molecule has 1 unspecified atom stereocenters. The number of aliphatic hydroxyl groups is 1. The van der Waals surface area contributed by atoms with Crippen molar-refractivity contribution < 1.29 is 10.2 Å². The molecule has 0 heterocycles. The summed E-state index contributed by atoms with van der Waals surface area (Å²) in [5, 5.41) is 19.3. The van der Waals surface area contributed by atoms with Crippen molar-refractivity contribution in [2.24, 2.45) is 5.73 Å². The van der Waals surface area contributed by atoms with Crippen molar-refractivity contribution in [3.8, 4) is 5.75 Å². The van der Waals surface area contributed by atoms with E-state index in [0.717, 1.165) is 10.0 Å². The Bertz CT molecular complexity index is 328. The minimum atomic E-state index is -0.697. The molecular weight excluding hydrogens is 246 g/mol. The summed E-state index contributed by atoms with van der Waals surface area (Å²) in [6.45, 7) is 2.24. The average Bonchev–Trinajstić information content (AvgIpc) is 2.13. The Morgan fingerprint density at radius 2 is 2.14 bits per heavy atom. The first-order valence-corrected chi connectivity index (χ1v) is 5.23. The maximum absolute atomic E-state index is 9.75. The number of aliphatic hydroxyl groups excluding tert-OH is 1. The molecule has 0 aliphatic heterocycles. The highest BCUT2D eigenvalue weighted by Crippen LogP contribution is 2.33. The molecule has 0 spiro atoms. The van der Waals surface area contributed by atoms with E-state index in [-0.39, 0.29) is 5.75 Å². The zero-order valence-corrected chi connectivity index (χ0v) is 9.58. The summed E-state index contributed by atoms with van der Waals surface area (Å²) in [5.41, 5.74) is 6.76. The van der Waals surface area contributed by atoms with Gasteiger partial charge in [-0.05, 0) is 37.6 Å². The molecule has 0 radical (unpaired) electrons. The van der Waals surface area contributed by atoms with Crippen LogP contribution in [-0.4, -0.2) is 16.8 Å². The number of hydrogen-bond acceptors (Lipinski definition) is 3. The molecule has 0 aliphatic rings. The van der Waals surface area contributed by atoms with Gasteiger partial charge in [-0.2, -0.15) is 0 Å². The summed E-state index contributed by atoms with van der Waals surface area (Å²) in [6.07, 6.45) is -0.248. The maximum atomic E-state index is 9.75. The predicted octanol–water partition coefficient (Wildman–Crippen LogP) is 1.85. The molecule has 0 saturated heterocycles. The summed E-state index contributed by atoms with van der Waals surface area (Å²) < 4.78 is 0.876. The van der Waals surface area contributed by atoms with E-state index in [1.807, 2.05) is 6.92 Å². The zero-order chi connectivity index (χ0) is 10.7. The molecule has 0 aliphatic carbocycles. The fraction of sp³-hybridized carbons (Fsp3) is 0.400. The monoisotopic (exact) mass is 259 g/mol. The van der Waals surface area contributed by atoms with Gasteiger partial charge in [0, 0.05) is 10.0 Å². The Balaban J connectivity index is 3.11. The molecule has 0 amide bonds. The second-order valence-corrected chi connectivity index (χ2v) is 4.05. The third-order valence-corrected chi connectivity index (χ3v) is 3.06. The molecule has 1 atom stereocenters. The maximum Gasteiger partial charge on any atom is 0.121 e. The normalized spacial score (nSPS) is 12.9. The Kier molecular flexibility index (Phi) is 3.92. The number of nitrogens with two attached hydrogens (primary N) is 1. The van der Waals surface area contributed by atoms with Gasteiger partial charge < -0.3 is 15.9 Å². The van der Waals surface area contributed by atoms with Crippen LogP contribution in [0.15, 0.2) is 16.6 Å². The van der Waals surface area contributed by atoms with E-state index in [9.17, 15) is 10.2 Å². The van der Waals surface area contributed by atoms with Gasteiger partial charge in [0.25, 0.3) is 0 Å². The van der Waals surface area contributed by atoms with E-state index in [2.05, 4.69) is 15.9 Å². The van der Waals surface area contributed by atoms with Crippen molar-refractivity contribution in [1.29, 1.82) is 0 Å². The standard InChI is InChI=1S/C10H14BrNO2/c1-6-7(11)2-3-8(13)10(6)9(14)4-5-12/h2-3,9,13-14H,4-5,12H2,1H3. The summed E-state index contributed by atoms with van der Waals surface area (Å²) in [6, 6.07) is 3.31. The van der Waals surface area contributed by atoms with Crippen molar-refractivity contribution in [3.05, 3.63) is 27.7 Å². The average molecular weight is 260 g/mol. The number of phenolic OH excluding ortho intramolecular Hbond substituents is 1. The first-order valence-electron chi connectivity index (χ1n) is 4.44. The number of benzene rings is 1. The molecule has 14 heavy (non-hydrogen) atoms. The van der Waals surface area contributed by atoms with Gasteiger partial charge in [0.15, 0.2) is 0 Å². The highest BCUT2D eigenvalue weighted by molar-refractivity contribution is 9.10. The minimum absolute atomic E-state index is 0.117. The van der Waals surface area contributed by atoms with E-state index in [0.29, 0.717) is 18.5 Å². The molecule has 0 fully saturated rings. The van der Waals surface area contributed by atoms with Crippen LogP contribution in [0.2, 0.25) is 0 Å². The van der Waals surface area contributed by atoms with Crippen LogP contribution in [0.4, 0.5) is 0 Å². The second kappa shape index (κ2) is 4.77. The van der Waals surface area contributed by atoms with Gasteiger partial charge in [0.1, 0.15) is 5.75 Å². The van der Waals surface area contributed by atoms with Gasteiger partial charge in [-0.3, -0.25) is 0 Å². The summed E-state index contributed by atoms with van der Waals surface area (Å²) in [5.74, 6) is 0.117. The number of halogens is 1. The van der Waals surface area contributed by atoms with Crippen LogP contribution in [0.3, 0.4) is 0 Å². The molecule has 4 heteroatoms. The molecule has 1 aromatic rings. The van der Waals surface area contributed by atoms with Gasteiger partial charge in [0.2, 0.25) is 0 Å².